The quantitative estimate of drug-likeness (QED) is 0.913. The van der Waals surface area contributed by atoms with Crippen molar-refractivity contribution < 1.29 is 4.74 Å². The van der Waals surface area contributed by atoms with Crippen LogP contribution in [0, 0.1) is 0 Å². The van der Waals surface area contributed by atoms with Crippen LogP contribution in [0.3, 0.4) is 0 Å². The molecule has 0 amide bonds. The lowest BCUT2D eigenvalue weighted by Gasteiger charge is -2.26. The van der Waals surface area contributed by atoms with Crippen molar-refractivity contribution in [3.05, 3.63) is 60.2 Å². The number of hydrogen-bond donors (Lipinski definition) is 1. The second-order valence-corrected chi connectivity index (χ2v) is 6.42. The molecule has 104 valence electrons. The molecule has 1 aliphatic rings. The van der Waals surface area contributed by atoms with E-state index in [1.165, 1.54) is 16.7 Å². The van der Waals surface area contributed by atoms with Crippen LogP contribution in [0.5, 0.6) is 0 Å². The molecule has 1 fully saturated rings. The number of hydrogen-bond acceptors (Lipinski definition) is 3. The van der Waals surface area contributed by atoms with Crippen LogP contribution in [0.1, 0.15) is 11.6 Å². The first-order valence-corrected chi connectivity index (χ1v) is 7.98. The molecule has 2 aromatic carbocycles. The van der Waals surface area contributed by atoms with Crippen LogP contribution < -0.4 is 5.73 Å². The summed E-state index contributed by atoms with van der Waals surface area (Å²) in [7, 11) is 0. The summed E-state index contributed by atoms with van der Waals surface area (Å²) in [5, 5.41) is 0.643. The van der Waals surface area contributed by atoms with Gasteiger partial charge in [-0.3, -0.25) is 0 Å². The monoisotopic (exact) mass is 285 g/mol. The topological polar surface area (TPSA) is 35.2 Å². The Hall–Kier alpha value is -1.29. The molecule has 0 aromatic heterocycles. The van der Waals surface area contributed by atoms with Gasteiger partial charge in [0.1, 0.15) is 0 Å². The Kier molecular flexibility index (Phi) is 4.41. The van der Waals surface area contributed by atoms with Gasteiger partial charge >= 0.3 is 0 Å². The Morgan fingerprint density at radius 1 is 1.00 bits per heavy atom. The van der Waals surface area contributed by atoms with Crippen molar-refractivity contribution in [2.24, 2.45) is 5.73 Å². The van der Waals surface area contributed by atoms with E-state index >= 15 is 0 Å². The predicted molar refractivity (Wildman–Crippen MR) is 85.9 cm³/mol. The molecule has 2 N–H and O–H groups in total. The Labute approximate surface area is 124 Å². The van der Waals surface area contributed by atoms with Gasteiger partial charge in [0.15, 0.2) is 0 Å². The van der Waals surface area contributed by atoms with Gasteiger partial charge < -0.3 is 10.5 Å². The SMILES string of the molecule is NC(CSC1COC1)c1ccc(-c2ccccc2)cc1. The van der Waals surface area contributed by atoms with E-state index in [0.717, 1.165) is 19.0 Å². The molecule has 2 aromatic rings. The molecule has 1 unspecified atom stereocenters. The fourth-order valence-corrected chi connectivity index (χ4v) is 3.26. The van der Waals surface area contributed by atoms with Crippen LogP contribution in [-0.4, -0.2) is 24.2 Å². The van der Waals surface area contributed by atoms with Crippen LogP contribution in [0.25, 0.3) is 11.1 Å². The van der Waals surface area contributed by atoms with Gasteiger partial charge in [0, 0.05) is 11.8 Å². The molecule has 1 aliphatic heterocycles. The van der Waals surface area contributed by atoms with E-state index in [4.69, 9.17) is 10.5 Å². The Morgan fingerprint density at radius 3 is 2.25 bits per heavy atom. The minimum absolute atomic E-state index is 0.102. The minimum atomic E-state index is 0.102. The van der Waals surface area contributed by atoms with Crippen LogP contribution >= 0.6 is 11.8 Å². The highest BCUT2D eigenvalue weighted by atomic mass is 32.2. The van der Waals surface area contributed by atoms with Gasteiger partial charge in [0.05, 0.1) is 18.5 Å². The summed E-state index contributed by atoms with van der Waals surface area (Å²) in [6, 6.07) is 19.1. The van der Waals surface area contributed by atoms with E-state index < -0.39 is 0 Å². The summed E-state index contributed by atoms with van der Waals surface area (Å²) in [6.45, 7) is 1.76. The molecule has 3 heteroatoms. The van der Waals surface area contributed by atoms with Gasteiger partial charge in [-0.2, -0.15) is 11.8 Å². The zero-order valence-corrected chi connectivity index (χ0v) is 12.2. The van der Waals surface area contributed by atoms with Gasteiger partial charge in [0.2, 0.25) is 0 Å². The highest BCUT2D eigenvalue weighted by Gasteiger charge is 2.20. The zero-order valence-electron chi connectivity index (χ0n) is 11.4. The van der Waals surface area contributed by atoms with Crippen molar-refractivity contribution in [1.29, 1.82) is 0 Å². The lowest BCUT2D eigenvalue weighted by Crippen LogP contribution is -2.31. The maximum atomic E-state index is 6.25. The molecule has 0 saturated carbocycles. The predicted octanol–water partition coefficient (Wildman–Crippen LogP) is 3.49. The smallest absolute Gasteiger partial charge is 0.0607 e. The molecule has 1 atom stereocenters. The summed E-state index contributed by atoms with van der Waals surface area (Å²) in [5.41, 5.74) is 9.94. The van der Waals surface area contributed by atoms with Crippen molar-refractivity contribution in [3.63, 3.8) is 0 Å². The van der Waals surface area contributed by atoms with Gasteiger partial charge in [0.25, 0.3) is 0 Å². The lowest BCUT2D eigenvalue weighted by atomic mass is 10.0. The van der Waals surface area contributed by atoms with Crippen molar-refractivity contribution in [2.75, 3.05) is 19.0 Å². The zero-order chi connectivity index (χ0) is 13.8. The number of ether oxygens (including phenoxy) is 1. The first-order valence-electron chi connectivity index (χ1n) is 6.93. The van der Waals surface area contributed by atoms with Crippen LogP contribution in [0.15, 0.2) is 54.6 Å². The van der Waals surface area contributed by atoms with Gasteiger partial charge in [-0.05, 0) is 16.7 Å². The molecule has 2 nitrogen and oxygen atoms in total. The first-order chi connectivity index (χ1) is 9.83. The average molecular weight is 285 g/mol. The maximum Gasteiger partial charge on any atom is 0.0607 e. The van der Waals surface area contributed by atoms with Crippen molar-refractivity contribution in [3.8, 4) is 11.1 Å². The largest absolute Gasteiger partial charge is 0.379 e. The summed E-state index contributed by atoms with van der Waals surface area (Å²) < 4.78 is 5.18. The highest BCUT2D eigenvalue weighted by molar-refractivity contribution is 8.00. The Bertz CT molecular complexity index is 537. The fourth-order valence-electron chi connectivity index (χ4n) is 2.20. The van der Waals surface area contributed by atoms with E-state index in [9.17, 15) is 0 Å². The average Bonchev–Trinajstić information content (AvgIpc) is 2.46. The van der Waals surface area contributed by atoms with Crippen LogP contribution in [0.4, 0.5) is 0 Å². The third kappa shape index (κ3) is 3.23. The Morgan fingerprint density at radius 2 is 1.65 bits per heavy atom. The van der Waals surface area contributed by atoms with Gasteiger partial charge in [-0.1, -0.05) is 54.6 Å². The molecular weight excluding hydrogens is 266 g/mol. The normalized spacial score (nSPS) is 16.6. The number of nitrogens with two attached hydrogens (primary N) is 1. The number of thioether (sulfide) groups is 1. The third-order valence-electron chi connectivity index (χ3n) is 3.56. The number of benzene rings is 2. The molecule has 0 radical (unpaired) electrons. The van der Waals surface area contributed by atoms with Gasteiger partial charge in [-0.25, -0.2) is 0 Å². The summed E-state index contributed by atoms with van der Waals surface area (Å²) in [6.07, 6.45) is 0. The number of rotatable bonds is 5. The molecular formula is C17H19NOS. The lowest BCUT2D eigenvalue weighted by molar-refractivity contribution is 0.0455. The second kappa shape index (κ2) is 6.44. The van der Waals surface area contributed by atoms with E-state index in [1.807, 2.05) is 17.8 Å². The molecule has 1 saturated heterocycles. The summed E-state index contributed by atoms with van der Waals surface area (Å²) in [4.78, 5) is 0. The Balaban J connectivity index is 1.63. The highest BCUT2D eigenvalue weighted by Crippen LogP contribution is 2.26. The van der Waals surface area contributed by atoms with E-state index in [0.29, 0.717) is 5.25 Å². The van der Waals surface area contributed by atoms with Crippen molar-refractivity contribution >= 4 is 11.8 Å². The molecule has 1 heterocycles. The van der Waals surface area contributed by atoms with Crippen LogP contribution in [0.2, 0.25) is 0 Å². The van der Waals surface area contributed by atoms with Gasteiger partial charge in [-0.15, -0.1) is 0 Å². The third-order valence-corrected chi connectivity index (χ3v) is 4.86. The van der Waals surface area contributed by atoms with Crippen LogP contribution in [-0.2, 0) is 4.74 Å². The molecule has 3 rings (SSSR count). The van der Waals surface area contributed by atoms with E-state index in [-0.39, 0.29) is 6.04 Å². The summed E-state index contributed by atoms with van der Waals surface area (Å²) >= 11 is 1.92. The van der Waals surface area contributed by atoms with E-state index in [2.05, 4.69) is 48.5 Å². The molecule has 20 heavy (non-hydrogen) atoms. The minimum Gasteiger partial charge on any atom is -0.379 e. The maximum absolute atomic E-state index is 6.25. The summed E-state index contributed by atoms with van der Waals surface area (Å²) in [5.74, 6) is 0.957. The second-order valence-electron chi connectivity index (χ2n) is 5.09. The van der Waals surface area contributed by atoms with E-state index in [1.54, 1.807) is 0 Å². The molecule has 0 aliphatic carbocycles. The van der Waals surface area contributed by atoms with Crippen molar-refractivity contribution in [2.45, 2.75) is 11.3 Å². The van der Waals surface area contributed by atoms with Crippen molar-refractivity contribution in [1.82, 2.24) is 0 Å². The standard InChI is InChI=1S/C17H19NOS/c18-17(12-20-16-10-19-11-16)15-8-6-14(7-9-15)13-4-2-1-3-5-13/h1-9,16-17H,10-12,18H2. The molecule has 0 bridgehead atoms. The molecule has 0 spiro atoms. The fraction of sp³-hybridized carbons (Fsp3) is 0.294. The first kappa shape index (κ1) is 13.7.